The fourth-order valence-corrected chi connectivity index (χ4v) is 2.87. The average molecular weight is 378 g/mol. The normalized spacial score (nSPS) is 11.8. The molecule has 0 spiro atoms. The number of aryl methyl sites for hydroxylation is 1. The number of rotatable bonds is 7. The molecule has 28 heavy (non-hydrogen) atoms. The van der Waals surface area contributed by atoms with Gasteiger partial charge in [0.15, 0.2) is 0 Å². The van der Waals surface area contributed by atoms with Crippen molar-refractivity contribution in [2.24, 2.45) is 0 Å². The quantitative estimate of drug-likeness (QED) is 0.654. The molecule has 1 amide bonds. The summed E-state index contributed by atoms with van der Waals surface area (Å²) in [5.41, 5.74) is 0.433. The van der Waals surface area contributed by atoms with Crippen LogP contribution in [0.4, 0.5) is 0 Å². The molecular weight excluding hydrogens is 356 g/mol. The Morgan fingerprint density at radius 1 is 1.14 bits per heavy atom. The summed E-state index contributed by atoms with van der Waals surface area (Å²) in [5, 5.41) is 2.83. The molecule has 0 aliphatic rings. The van der Waals surface area contributed by atoms with Crippen LogP contribution in [0.3, 0.4) is 0 Å². The van der Waals surface area contributed by atoms with Gasteiger partial charge in [-0.1, -0.05) is 36.4 Å². The Hall–Kier alpha value is -3.48. The lowest BCUT2D eigenvalue weighted by atomic mass is 10.1. The summed E-state index contributed by atoms with van der Waals surface area (Å²) >= 11 is 0. The maximum atomic E-state index is 12.7. The Bertz CT molecular complexity index is 1040. The molecule has 7 nitrogen and oxygen atoms in total. The van der Waals surface area contributed by atoms with E-state index in [9.17, 15) is 14.4 Å². The van der Waals surface area contributed by atoms with Crippen molar-refractivity contribution in [1.82, 2.24) is 19.9 Å². The van der Waals surface area contributed by atoms with Gasteiger partial charge in [0.05, 0.1) is 12.2 Å². The Balaban J connectivity index is 1.70. The van der Waals surface area contributed by atoms with Crippen LogP contribution < -0.4 is 16.6 Å². The maximum absolute atomic E-state index is 12.7. The molecule has 0 aliphatic carbocycles. The molecule has 2 aromatic heterocycles. The molecule has 1 unspecified atom stereocenters. The molecule has 1 aromatic carbocycles. The minimum atomic E-state index is -0.637. The van der Waals surface area contributed by atoms with Gasteiger partial charge in [-0.2, -0.15) is 0 Å². The minimum absolute atomic E-state index is 0.000310. The van der Waals surface area contributed by atoms with Crippen LogP contribution in [0.15, 0.2) is 70.5 Å². The molecule has 3 rings (SSSR count). The molecule has 144 valence electrons. The van der Waals surface area contributed by atoms with E-state index >= 15 is 0 Å². The summed E-state index contributed by atoms with van der Waals surface area (Å²) in [7, 11) is 0. The highest BCUT2D eigenvalue weighted by Gasteiger charge is 2.17. The van der Waals surface area contributed by atoms with Crippen LogP contribution in [-0.2, 0) is 13.0 Å². The number of carbonyl (C=O) groups excluding carboxylic acids is 1. The van der Waals surface area contributed by atoms with Gasteiger partial charge in [0.25, 0.3) is 11.5 Å². The third-order valence-corrected chi connectivity index (χ3v) is 4.44. The predicted molar refractivity (Wildman–Crippen MR) is 106 cm³/mol. The van der Waals surface area contributed by atoms with E-state index in [1.54, 1.807) is 24.4 Å². The monoisotopic (exact) mass is 378 g/mol. The van der Waals surface area contributed by atoms with E-state index in [1.807, 2.05) is 37.3 Å². The van der Waals surface area contributed by atoms with E-state index in [0.29, 0.717) is 5.69 Å². The van der Waals surface area contributed by atoms with Crippen molar-refractivity contribution in [3.05, 3.63) is 98.6 Å². The zero-order valence-electron chi connectivity index (χ0n) is 15.6. The zero-order chi connectivity index (χ0) is 19.9. The smallest absolute Gasteiger partial charge is 0.328 e. The first-order valence-corrected chi connectivity index (χ1v) is 9.12. The highest BCUT2D eigenvalue weighted by atomic mass is 16.2. The van der Waals surface area contributed by atoms with E-state index < -0.39 is 17.2 Å². The summed E-state index contributed by atoms with van der Waals surface area (Å²) in [6, 6.07) is 15.1. The molecule has 0 radical (unpaired) electrons. The first kappa shape index (κ1) is 19.3. The highest BCUT2D eigenvalue weighted by molar-refractivity contribution is 5.93. The molecule has 0 saturated carbocycles. The number of hydrogen-bond acceptors (Lipinski definition) is 4. The number of carbonyl (C=O) groups is 1. The van der Waals surface area contributed by atoms with Crippen LogP contribution in [0.5, 0.6) is 0 Å². The second kappa shape index (κ2) is 8.94. The number of pyridine rings is 1. The molecule has 2 heterocycles. The van der Waals surface area contributed by atoms with Crippen molar-refractivity contribution in [2.75, 3.05) is 0 Å². The molecule has 0 saturated heterocycles. The Morgan fingerprint density at radius 2 is 1.89 bits per heavy atom. The SMILES string of the molecule is CC(CCc1ccccc1)NC(=O)c1c[nH]c(=O)n(Cc2ccccn2)c1=O. The van der Waals surface area contributed by atoms with Gasteiger partial charge in [0.1, 0.15) is 5.56 Å². The number of benzene rings is 1. The summed E-state index contributed by atoms with van der Waals surface area (Å²) in [5.74, 6) is -0.503. The first-order valence-electron chi connectivity index (χ1n) is 9.12. The van der Waals surface area contributed by atoms with Crippen molar-refractivity contribution in [3.63, 3.8) is 0 Å². The Morgan fingerprint density at radius 3 is 2.61 bits per heavy atom. The van der Waals surface area contributed by atoms with Crippen molar-refractivity contribution < 1.29 is 4.79 Å². The van der Waals surface area contributed by atoms with Gasteiger partial charge in [-0.25, -0.2) is 4.79 Å². The van der Waals surface area contributed by atoms with Crippen LogP contribution >= 0.6 is 0 Å². The second-order valence-corrected chi connectivity index (χ2v) is 6.62. The molecule has 0 bridgehead atoms. The lowest BCUT2D eigenvalue weighted by molar-refractivity contribution is 0.0935. The number of hydrogen-bond donors (Lipinski definition) is 2. The fourth-order valence-electron chi connectivity index (χ4n) is 2.87. The summed E-state index contributed by atoms with van der Waals surface area (Å²) in [4.78, 5) is 43.8. The molecule has 3 aromatic rings. The van der Waals surface area contributed by atoms with Gasteiger partial charge in [-0.3, -0.25) is 19.1 Å². The van der Waals surface area contributed by atoms with E-state index in [2.05, 4.69) is 15.3 Å². The number of nitrogens with zero attached hydrogens (tertiary/aromatic N) is 2. The first-order chi connectivity index (χ1) is 13.5. The van der Waals surface area contributed by atoms with Gasteiger partial charge < -0.3 is 10.3 Å². The largest absolute Gasteiger partial charge is 0.349 e. The van der Waals surface area contributed by atoms with Crippen LogP contribution in [0.25, 0.3) is 0 Å². The van der Waals surface area contributed by atoms with Gasteiger partial charge in [-0.15, -0.1) is 0 Å². The van der Waals surface area contributed by atoms with E-state index in [1.165, 1.54) is 11.8 Å². The van der Waals surface area contributed by atoms with E-state index in [4.69, 9.17) is 0 Å². The topological polar surface area (TPSA) is 96.8 Å². The molecule has 2 N–H and O–H groups in total. The van der Waals surface area contributed by atoms with Crippen molar-refractivity contribution in [3.8, 4) is 0 Å². The fraction of sp³-hybridized carbons (Fsp3) is 0.238. The van der Waals surface area contributed by atoms with E-state index in [0.717, 1.165) is 17.4 Å². The third-order valence-electron chi connectivity index (χ3n) is 4.44. The highest BCUT2D eigenvalue weighted by Crippen LogP contribution is 2.05. The molecule has 1 atom stereocenters. The van der Waals surface area contributed by atoms with Gasteiger partial charge >= 0.3 is 5.69 Å². The molecular formula is C21H22N4O3. The number of aromatic nitrogens is 3. The Labute approximate surface area is 162 Å². The van der Waals surface area contributed by atoms with Crippen molar-refractivity contribution in [1.29, 1.82) is 0 Å². The predicted octanol–water partition coefficient (Wildman–Crippen LogP) is 1.73. The van der Waals surface area contributed by atoms with Crippen LogP contribution in [0, 0.1) is 0 Å². The minimum Gasteiger partial charge on any atom is -0.349 e. The maximum Gasteiger partial charge on any atom is 0.328 e. The summed E-state index contributed by atoms with van der Waals surface area (Å²) in [6.45, 7) is 1.89. The van der Waals surface area contributed by atoms with Gasteiger partial charge in [-0.05, 0) is 37.5 Å². The lowest BCUT2D eigenvalue weighted by Crippen LogP contribution is -2.42. The van der Waals surface area contributed by atoms with Crippen molar-refractivity contribution in [2.45, 2.75) is 32.4 Å². The third kappa shape index (κ3) is 4.82. The number of nitrogens with one attached hydrogen (secondary N) is 2. The summed E-state index contributed by atoms with van der Waals surface area (Å²) < 4.78 is 0.978. The molecule has 7 heteroatoms. The molecule has 0 aliphatic heterocycles. The lowest BCUT2D eigenvalue weighted by Gasteiger charge is -2.14. The zero-order valence-corrected chi connectivity index (χ0v) is 15.6. The summed E-state index contributed by atoms with van der Waals surface area (Å²) in [6.07, 6.45) is 4.30. The van der Waals surface area contributed by atoms with Crippen LogP contribution in [0.1, 0.15) is 35.0 Å². The van der Waals surface area contributed by atoms with Gasteiger partial charge in [0.2, 0.25) is 0 Å². The van der Waals surface area contributed by atoms with E-state index in [-0.39, 0.29) is 18.2 Å². The number of aromatic amines is 1. The van der Waals surface area contributed by atoms with Crippen LogP contribution in [-0.4, -0.2) is 26.5 Å². The van der Waals surface area contributed by atoms with Gasteiger partial charge in [0, 0.05) is 18.4 Å². The number of amides is 1. The van der Waals surface area contributed by atoms with Crippen LogP contribution in [0.2, 0.25) is 0 Å². The Kier molecular flexibility index (Phi) is 6.16. The average Bonchev–Trinajstić information content (AvgIpc) is 2.71. The van der Waals surface area contributed by atoms with Crippen molar-refractivity contribution >= 4 is 5.91 Å². The molecule has 0 fully saturated rings. The number of H-pyrrole nitrogens is 1. The second-order valence-electron chi connectivity index (χ2n) is 6.62. The standard InChI is InChI=1S/C21H22N4O3/c1-15(10-11-16-7-3-2-4-8-16)24-19(26)18-13-23-21(28)25(20(18)27)14-17-9-5-6-12-22-17/h2-9,12-13,15H,10-11,14H2,1H3,(H,23,28)(H,24,26).